The van der Waals surface area contributed by atoms with Crippen LogP contribution < -0.4 is 21.7 Å². The Balaban J connectivity index is 1.92. The number of carboxylic acid groups (broad SMARTS) is 1. The number of aliphatic carboxylic acids is 1. The molecular formula is C19H25N5O6. The quantitative estimate of drug-likeness (QED) is 0.237. The van der Waals surface area contributed by atoms with Crippen LogP contribution in [0.4, 0.5) is 0 Å². The highest BCUT2D eigenvalue weighted by molar-refractivity contribution is 5.93. The highest BCUT2D eigenvalue weighted by Gasteiger charge is 2.28. The lowest BCUT2D eigenvalue weighted by Gasteiger charge is -2.22. The van der Waals surface area contributed by atoms with Crippen LogP contribution in [-0.4, -0.2) is 70.2 Å². The van der Waals surface area contributed by atoms with Gasteiger partial charge in [0, 0.05) is 17.1 Å². The van der Waals surface area contributed by atoms with Crippen LogP contribution in [0.1, 0.15) is 12.5 Å². The van der Waals surface area contributed by atoms with Crippen LogP contribution in [0.25, 0.3) is 10.9 Å². The lowest BCUT2D eigenvalue weighted by Crippen LogP contribution is -2.57. The van der Waals surface area contributed by atoms with E-state index in [0.29, 0.717) is 0 Å². The van der Waals surface area contributed by atoms with Crippen LogP contribution in [0.5, 0.6) is 0 Å². The molecule has 0 fully saturated rings. The molecule has 0 saturated carbocycles. The molecule has 2 aromatic rings. The summed E-state index contributed by atoms with van der Waals surface area (Å²) in [5, 5.41) is 26.0. The number of aliphatic hydroxyl groups excluding tert-OH is 1. The lowest BCUT2D eigenvalue weighted by molar-refractivity contribution is -0.138. The van der Waals surface area contributed by atoms with Crippen molar-refractivity contribution < 1.29 is 29.4 Å². The molecule has 0 spiro atoms. The Labute approximate surface area is 172 Å². The average molecular weight is 419 g/mol. The van der Waals surface area contributed by atoms with Gasteiger partial charge in [-0.2, -0.15) is 0 Å². The molecular weight excluding hydrogens is 394 g/mol. The van der Waals surface area contributed by atoms with Gasteiger partial charge in [-0.05, 0) is 25.0 Å². The van der Waals surface area contributed by atoms with Crippen molar-refractivity contribution in [1.82, 2.24) is 20.9 Å². The first-order valence-corrected chi connectivity index (χ1v) is 9.24. The minimum Gasteiger partial charge on any atom is -0.480 e. The van der Waals surface area contributed by atoms with Crippen LogP contribution in [0, 0.1) is 0 Å². The van der Waals surface area contributed by atoms with E-state index in [9.17, 15) is 24.3 Å². The van der Waals surface area contributed by atoms with Gasteiger partial charge in [0.2, 0.25) is 17.7 Å². The Morgan fingerprint density at radius 1 is 1.10 bits per heavy atom. The third-order valence-electron chi connectivity index (χ3n) is 4.37. The zero-order chi connectivity index (χ0) is 22.3. The number of hydrogen-bond acceptors (Lipinski definition) is 6. The molecule has 1 aromatic carbocycles. The van der Waals surface area contributed by atoms with Gasteiger partial charge in [-0.3, -0.25) is 19.2 Å². The van der Waals surface area contributed by atoms with Gasteiger partial charge in [-0.15, -0.1) is 0 Å². The molecule has 0 aliphatic heterocycles. The van der Waals surface area contributed by atoms with Gasteiger partial charge in [0.1, 0.15) is 12.6 Å². The number of hydrogen-bond donors (Lipinski definition) is 7. The summed E-state index contributed by atoms with van der Waals surface area (Å²) in [4.78, 5) is 49.7. The van der Waals surface area contributed by atoms with E-state index < -0.39 is 55.0 Å². The van der Waals surface area contributed by atoms with Crippen molar-refractivity contribution in [2.75, 3.05) is 13.1 Å². The highest BCUT2D eigenvalue weighted by atomic mass is 16.4. The van der Waals surface area contributed by atoms with Crippen molar-refractivity contribution in [3.63, 3.8) is 0 Å². The molecule has 0 bridgehead atoms. The number of aromatic nitrogens is 1. The third-order valence-corrected chi connectivity index (χ3v) is 4.37. The minimum atomic E-state index is -1.33. The van der Waals surface area contributed by atoms with E-state index in [4.69, 9.17) is 10.8 Å². The number of fused-ring (bicyclic) bond motifs is 1. The molecule has 3 atom stereocenters. The fourth-order valence-electron chi connectivity index (χ4n) is 2.81. The van der Waals surface area contributed by atoms with Gasteiger partial charge in [0.05, 0.1) is 18.7 Å². The molecule has 162 valence electrons. The molecule has 1 heterocycles. The second kappa shape index (κ2) is 10.4. The van der Waals surface area contributed by atoms with Crippen molar-refractivity contribution in [2.45, 2.75) is 31.5 Å². The van der Waals surface area contributed by atoms with Crippen LogP contribution in [0.2, 0.25) is 0 Å². The number of para-hydroxylation sites is 1. The first-order valence-electron chi connectivity index (χ1n) is 9.24. The molecule has 2 rings (SSSR count). The van der Waals surface area contributed by atoms with E-state index in [1.165, 1.54) is 6.92 Å². The Bertz CT molecular complexity index is 925. The zero-order valence-corrected chi connectivity index (χ0v) is 16.3. The van der Waals surface area contributed by atoms with Gasteiger partial charge in [0.25, 0.3) is 0 Å². The number of nitrogens with two attached hydrogens (primary N) is 1. The number of amides is 3. The lowest BCUT2D eigenvalue weighted by atomic mass is 10.0. The predicted octanol–water partition coefficient (Wildman–Crippen LogP) is -1.78. The Kier molecular flexibility index (Phi) is 7.90. The van der Waals surface area contributed by atoms with E-state index in [-0.39, 0.29) is 6.42 Å². The molecule has 0 aliphatic carbocycles. The molecule has 3 amide bonds. The smallest absolute Gasteiger partial charge is 0.322 e. The average Bonchev–Trinajstić information content (AvgIpc) is 3.11. The van der Waals surface area contributed by atoms with Crippen molar-refractivity contribution >= 4 is 34.6 Å². The fourth-order valence-corrected chi connectivity index (χ4v) is 2.81. The molecule has 3 unspecified atom stereocenters. The van der Waals surface area contributed by atoms with E-state index in [2.05, 4.69) is 20.9 Å². The van der Waals surface area contributed by atoms with E-state index in [1.807, 2.05) is 24.3 Å². The number of carboxylic acids is 1. The molecule has 0 saturated heterocycles. The van der Waals surface area contributed by atoms with E-state index in [1.54, 1.807) is 6.20 Å². The first-order chi connectivity index (χ1) is 14.2. The number of nitrogens with one attached hydrogen (secondary N) is 4. The van der Waals surface area contributed by atoms with Gasteiger partial charge >= 0.3 is 5.97 Å². The van der Waals surface area contributed by atoms with Crippen molar-refractivity contribution in [3.05, 3.63) is 36.0 Å². The van der Waals surface area contributed by atoms with E-state index in [0.717, 1.165) is 16.5 Å². The molecule has 0 radical (unpaired) electrons. The molecule has 8 N–H and O–H groups in total. The molecule has 11 nitrogen and oxygen atoms in total. The van der Waals surface area contributed by atoms with Gasteiger partial charge in [-0.25, -0.2) is 0 Å². The topological polar surface area (TPSA) is 187 Å². The van der Waals surface area contributed by atoms with Crippen LogP contribution in [0.3, 0.4) is 0 Å². The molecule has 0 aliphatic rings. The van der Waals surface area contributed by atoms with Crippen LogP contribution in [-0.2, 0) is 25.6 Å². The number of H-pyrrole nitrogens is 1. The normalized spacial score (nSPS) is 13.8. The Morgan fingerprint density at radius 3 is 2.47 bits per heavy atom. The number of carbonyl (C=O) groups excluding carboxylic acids is 3. The van der Waals surface area contributed by atoms with Crippen molar-refractivity contribution in [3.8, 4) is 0 Å². The Hall–Kier alpha value is -3.44. The minimum absolute atomic E-state index is 0.210. The second-order valence-electron chi connectivity index (χ2n) is 6.79. The Morgan fingerprint density at radius 2 is 1.80 bits per heavy atom. The summed E-state index contributed by atoms with van der Waals surface area (Å²) in [7, 11) is 0. The van der Waals surface area contributed by atoms with Crippen molar-refractivity contribution in [2.24, 2.45) is 5.73 Å². The zero-order valence-electron chi connectivity index (χ0n) is 16.3. The largest absolute Gasteiger partial charge is 0.480 e. The number of carbonyl (C=O) groups is 4. The standard InChI is InChI=1S/C19H25N5O6/c1-10(25)17(19(30)23-8-15(26)22-9-16(27)28)24-18(29)13(20)6-11-7-21-14-5-3-2-4-12(11)14/h2-5,7,10,13,17,21,25H,6,8-9,20H2,1H3,(H,22,26)(H,23,30)(H,24,29)(H,27,28). The maximum Gasteiger partial charge on any atom is 0.322 e. The number of benzene rings is 1. The summed E-state index contributed by atoms with van der Waals surface area (Å²) in [6, 6.07) is 5.23. The highest BCUT2D eigenvalue weighted by Crippen LogP contribution is 2.18. The summed E-state index contributed by atoms with van der Waals surface area (Å²) in [5.74, 6) is -3.40. The summed E-state index contributed by atoms with van der Waals surface area (Å²) >= 11 is 0. The van der Waals surface area contributed by atoms with Crippen molar-refractivity contribution in [1.29, 1.82) is 0 Å². The summed E-state index contributed by atoms with van der Waals surface area (Å²) in [6.07, 6.45) is 0.713. The fraction of sp³-hybridized carbons (Fsp3) is 0.368. The number of rotatable bonds is 10. The predicted molar refractivity (Wildman–Crippen MR) is 107 cm³/mol. The molecule has 11 heteroatoms. The van der Waals surface area contributed by atoms with Gasteiger partial charge < -0.3 is 36.9 Å². The summed E-state index contributed by atoms with van der Waals surface area (Å²) in [5.41, 5.74) is 7.72. The van der Waals surface area contributed by atoms with E-state index >= 15 is 0 Å². The summed E-state index contributed by atoms with van der Waals surface area (Å²) < 4.78 is 0. The van der Waals surface area contributed by atoms with Crippen LogP contribution >= 0.6 is 0 Å². The van der Waals surface area contributed by atoms with Crippen LogP contribution in [0.15, 0.2) is 30.5 Å². The maximum atomic E-state index is 12.5. The number of aromatic amines is 1. The first kappa shape index (κ1) is 22.8. The monoisotopic (exact) mass is 419 g/mol. The second-order valence-corrected chi connectivity index (χ2v) is 6.79. The molecule has 1 aromatic heterocycles. The number of aliphatic hydroxyl groups is 1. The molecule has 30 heavy (non-hydrogen) atoms. The van der Waals surface area contributed by atoms with Gasteiger partial charge in [0.15, 0.2) is 0 Å². The maximum absolute atomic E-state index is 12.5. The third kappa shape index (κ3) is 6.29. The van der Waals surface area contributed by atoms with Gasteiger partial charge in [-0.1, -0.05) is 18.2 Å². The summed E-state index contributed by atoms with van der Waals surface area (Å²) in [6.45, 7) is 0.209. The SMILES string of the molecule is CC(O)C(NC(=O)C(N)Cc1c[nH]c2ccccc12)C(=O)NCC(=O)NCC(=O)O.